The number of aromatic nitrogens is 2. The third-order valence-electron chi connectivity index (χ3n) is 4.46. The number of H-pyrrole nitrogens is 1. The Labute approximate surface area is 129 Å². The number of carbonyl (C=O) groups excluding carboxylic acids is 1. The summed E-state index contributed by atoms with van der Waals surface area (Å²) in [7, 11) is 0. The predicted octanol–water partition coefficient (Wildman–Crippen LogP) is 2.11. The van der Waals surface area contributed by atoms with Crippen LogP contribution in [0.5, 0.6) is 0 Å². The Morgan fingerprint density at radius 1 is 1.27 bits per heavy atom. The van der Waals surface area contributed by atoms with E-state index in [0.717, 1.165) is 43.0 Å². The van der Waals surface area contributed by atoms with Gasteiger partial charge in [0.2, 0.25) is 0 Å². The van der Waals surface area contributed by atoms with Gasteiger partial charge in [-0.15, -0.1) is 0 Å². The predicted molar refractivity (Wildman–Crippen MR) is 84.8 cm³/mol. The lowest BCUT2D eigenvalue weighted by atomic mass is 10.1. The molecule has 2 aliphatic rings. The highest BCUT2D eigenvalue weighted by atomic mass is 16.2. The second-order valence-corrected chi connectivity index (χ2v) is 6.15. The Kier molecular flexibility index (Phi) is 3.42. The molecular formula is C17H20N4O. The van der Waals surface area contributed by atoms with Crippen LogP contribution in [0.3, 0.4) is 0 Å². The van der Waals surface area contributed by atoms with Gasteiger partial charge in [-0.25, -0.2) is 0 Å². The Bertz CT molecular complexity index is 675. The van der Waals surface area contributed by atoms with Crippen LogP contribution in [0.15, 0.2) is 30.3 Å². The molecule has 1 aromatic carbocycles. The van der Waals surface area contributed by atoms with Crippen molar-refractivity contribution in [3.05, 3.63) is 47.3 Å². The number of nitrogens with zero attached hydrogens (tertiary/aromatic N) is 2. The summed E-state index contributed by atoms with van der Waals surface area (Å²) in [4.78, 5) is 14.9. The third-order valence-corrected chi connectivity index (χ3v) is 4.46. The number of rotatable bonds is 4. The maximum atomic E-state index is 13.1. The molecule has 0 unspecified atom stereocenters. The van der Waals surface area contributed by atoms with Crippen molar-refractivity contribution in [3.63, 3.8) is 0 Å². The molecule has 0 atom stereocenters. The minimum absolute atomic E-state index is 0.0132. The van der Waals surface area contributed by atoms with Crippen molar-refractivity contribution in [1.82, 2.24) is 15.5 Å². The Morgan fingerprint density at radius 2 is 2.09 bits per heavy atom. The zero-order valence-corrected chi connectivity index (χ0v) is 12.5. The molecule has 2 aromatic rings. The lowest BCUT2D eigenvalue weighted by Crippen LogP contribution is -2.34. The first-order chi connectivity index (χ1) is 10.8. The summed E-state index contributed by atoms with van der Waals surface area (Å²) in [6.45, 7) is 2.45. The van der Waals surface area contributed by atoms with Crippen molar-refractivity contribution in [2.45, 2.75) is 25.8 Å². The fraction of sp³-hybridized carbons (Fsp3) is 0.412. The monoisotopic (exact) mass is 296 g/mol. The number of anilines is 1. The molecule has 2 N–H and O–H groups in total. The molecule has 1 saturated carbocycles. The summed E-state index contributed by atoms with van der Waals surface area (Å²) in [5.41, 5.74) is 3.67. The van der Waals surface area contributed by atoms with Crippen LogP contribution in [0, 0.1) is 5.92 Å². The maximum Gasteiger partial charge on any atom is 0.279 e. The van der Waals surface area contributed by atoms with Crippen LogP contribution in [-0.2, 0) is 13.0 Å². The second-order valence-electron chi connectivity index (χ2n) is 6.15. The fourth-order valence-corrected chi connectivity index (χ4v) is 3.00. The largest absolute Gasteiger partial charge is 0.312 e. The van der Waals surface area contributed by atoms with Crippen molar-refractivity contribution in [1.29, 1.82) is 0 Å². The van der Waals surface area contributed by atoms with E-state index < -0.39 is 0 Å². The molecule has 2 heterocycles. The maximum absolute atomic E-state index is 13.1. The van der Waals surface area contributed by atoms with Gasteiger partial charge in [0.25, 0.3) is 5.91 Å². The minimum Gasteiger partial charge on any atom is -0.312 e. The fourth-order valence-electron chi connectivity index (χ4n) is 3.00. The van der Waals surface area contributed by atoms with E-state index >= 15 is 0 Å². The lowest BCUT2D eigenvalue weighted by Gasteiger charge is -2.23. The molecule has 0 radical (unpaired) electrons. The van der Waals surface area contributed by atoms with Crippen molar-refractivity contribution >= 4 is 11.6 Å². The molecule has 1 aliphatic carbocycles. The topological polar surface area (TPSA) is 61.0 Å². The van der Waals surface area contributed by atoms with Gasteiger partial charge in [0.15, 0.2) is 5.69 Å². The molecule has 114 valence electrons. The number of benzene rings is 1. The highest BCUT2D eigenvalue weighted by molar-refractivity contribution is 6.05. The number of fused-ring (bicyclic) bond motifs is 1. The van der Waals surface area contributed by atoms with Gasteiger partial charge in [0.1, 0.15) is 0 Å². The van der Waals surface area contributed by atoms with Gasteiger partial charge in [-0.2, -0.15) is 5.10 Å². The van der Waals surface area contributed by atoms with Gasteiger partial charge in [0, 0.05) is 43.0 Å². The zero-order chi connectivity index (χ0) is 14.9. The van der Waals surface area contributed by atoms with Crippen LogP contribution in [-0.4, -0.2) is 29.2 Å². The normalized spacial score (nSPS) is 17.1. The summed E-state index contributed by atoms with van der Waals surface area (Å²) in [6, 6.07) is 9.92. The van der Waals surface area contributed by atoms with Crippen LogP contribution in [0.1, 0.15) is 34.6 Å². The molecule has 4 rings (SSSR count). The number of hydrogen-bond acceptors (Lipinski definition) is 3. The first-order valence-corrected chi connectivity index (χ1v) is 7.96. The number of amides is 1. The van der Waals surface area contributed by atoms with Gasteiger partial charge in [-0.1, -0.05) is 18.2 Å². The van der Waals surface area contributed by atoms with Crippen LogP contribution < -0.4 is 10.2 Å². The van der Waals surface area contributed by atoms with Crippen molar-refractivity contribution in [2.24, 2.45) is 5.92 Å². The van der Waals surface area contributed by atoms with Gasteiger partial charge < -0.3 is 10.2 Å². The van der Waals surface area contributed by atoms with Gasteiger partial charge in [0.05, 0.1) is 0 Å². The highest BCUT2D eigenvalue weighted by Gasteiger charge is 2.31. The summed E-state index contributed by atoms with van der Waals surface area (Å²) >= 11 is 0. The number of nitrogens with one attached hydrogen (secondary N) is 2. The van der Waals surface area contributed by atoms with E-state index in [0.29, 0.717) is 11.6 Å². The molecule has 1 aliphatic heterocycles. The first-order valence-electron chi connectivity index (χ1n) is 7.96. The summed E-state index contributed by atoms with van der Waals surface area (Å²) in [6.07, 6.45) is 3.34. The average molecular weight is 296 g/mol. The van der Waals surface area contributed by atoms with E-state index in [1.54, 1.807) is 0 Å². The number of aromatic amines is 1. The van der Waals surface area contributed by atoms with Crippen LogP contribution in [0.2, 0.25) is 0 Å². The Morgan fingerprint density at radius 3 is 2.86 bits per heavy atom. The van der Waals surface area contributed by atoms with Crippen molar-refractivity contribution in [2.75, 3.05) is 18.0 Å². The van der Waals surface area contributed by atoms with Crippen LogP contribution in [0.25, 0.3) is 0 Å². The summed E-state index contributed by atoms with van der Waals surface area (Å²) in [5.74, 6) is 0.649. The van der Waals surface area contributed by atoms with Gasteiger partial charge >= 0.3 is 0 Å². The quantitative estimate of drug-likeness (QED) is 0.908. The SMILES string of the molecule is O=C(c1n[nH]c2c1CNCC2)N(CC1CC1)c1ccccc1. The molecule has 0 bridgehead atoms. The minimum atomic E-state index is 0.0132. The number of para-hydroxylation sites is 1. The van der Waals surface area contributed by atoms with Crippen molar-refractivity contribution < 1.29 is 4.79 Å². The number of carbonyl (C=O) groups is 1. The third kappa shape index (κ3) is 2.52. The first kappa shape index (κ1) is 13.5. The van der Waals surface area contributed by atoms with E-state index in [-0.39, 0.29) is 5.91 Å². The Balaban J connectivity index is 1.66. The molecule has 5 nitrogen and oxygen atoms in total. The van der Waals surface area contributed by atoms with Crippen molar-refractivity contribution in [3.8, 4) is 0 Å². The van der Waals surface area contributed by atoms with Crippen LogP contribution >= 0.6 is 0 Å². The molecule has 22 heavy (non-hydrogen) atoms. The average Bonchev–Trinajstić information content (AvgIpc) is 3.29. The molecule has 1 fully saturated rings. The molecule has 0 saturated heterocycles. The zero-order valence-electron chi connectivity index (χ0n) is 12.5. The van der Waals surface area contributed by atoms with E-state index in [1.165, 1.54) is 12.8 Å². The molecule has 5 heteroatoms. The smallest absolute Gasteiger partial charge is 0.279 e. The molecular weight excluding hydrogens is 276 g/mol. The van der Waals surface area contributed by atoms with E-state index in [2.05, 4.69) is 15.5 Å². The standard InChI is InChI=1S/C17H20N4O/c22-17(16-14-10-18-9-8-15(14)19-20-16)21(11-12-6-7-12)13-4-2-1-3-5-13/h1-5,12,18H,6-11H2,(H,19,20). The molecule has 0 spiro atoms. The summed E-state index contributed by atoms with van der Waals surface area (Å²) < 4.78 is 0. The lowest BCUT2D eigenvalue weighted by molar-refractivity contribution is 0.0979. The van der Waals surface area contributed by atoms with E-state index in [4.69, 9.17) is 0 Å². The summed E-state index contributed by atoms with van der Waals surface area (Å²) in [5, 5.41) is 10.7. The molecule has 1 aromatic heterocycles. The molecule has 1 amide bonds. The van der Waals surface area contributed by atoms with E-state index in [9.17, 15) is 4.79 Å². The second kappa shape index (κ2) is 5.57. The highest BCUT2D eigenvalue weighted by Crippen LogP contribution is 2.32. The number of hydrogen-bond donors (Lipinski definition) is 2. The van der Waals surface area contributed by atoms with Gasteiger partial charge in [-0.3, -0.25) is 9.89 Å². The van der Waals surface area contributed by atoms with Gasteiger partial charge in [-0.05, 0) is 30.9 Å². The Hall–Kier alpha value is -2.14. The van der Waals surface area contributed by atoms with Crippen LogP contribution in [0.4, 0.5) is 5.69 Å². The van der Waals surface area contributed by atoms with E-state index in [1.807, 2.05) is 35.2 Å².